The summed E-state index contributed by atoms with van der Waals surface area (Å²) >= 11 is 0. The summed E-state index contributed by atoms with van der Waals surface area (Å²) in [5.74, 6) is 3.39. The highest BCUT2D eigenvalue weighted by Crippen LogP contribution is 2.89. The lowest BCUT2D eigenvalue weighted by Gasteiger charge is -2.76. The van der Waals surface area contributed by atoms with Crippen LogP contribution in [0.25, 0.3) is 33.4 Å². The fourth-order valence-electron chi connectivity index (χ4n) is 16.1. The van der Waals surface area contributed by atoms with Gasteiger partial charge < -0.3 is 4.90 Å². The van der Waals surface area contributed by atoms with Gasteiger partial charge in [0.05, 0.1) is 5.69 Å². The number of anilines is 3. The topological polar surface area (TPSA) is 3.24 Å². The molecule has 0 aliphatic heterocycles. The Morgan fingerprint density at radius 1 is 0.413 bits per heavy atom. The van der Waals surface area contributed by atoms with E-state index in [1.165, 1.54) is 124 Å². The third kappa shape index (κ3) is 4.96. The number of rotatable bonds is 5. The van der Waals surface area contributed by atoms with Crippen molar-refractivity contribution >= 4 is 17.1 Å². The summed E-state index contributed by atoms with van der Waals surface area (Å²) < 4.78 is 0. The van der Waals surface area contributed by atoms with E-state index in [9.17, 15) is 0 Å². The van der Waals surface area contributed by atoms with Gasteiger partial charge in [0, 0.05) is 22.4 Å². The van der Waals surface area contributed by atoms with Gasteiger partial charge >= 0.3 is 0 Å². The molecule has 0 radical (unpaired) electrons. The number of fused-ring (bicyclic) bond motifs is 10. The molecule has 1 heteroatoms. The molecule has 6 aromatic rings. The second-order valence-electron chi connectivity index (χ2n) is 24.3. The molecule has 5 unspecified atom stereocenters. The van der Waals surface area contributed by atoms with E-state index < -0.39 is 0 Å². The maximum atomic E-state index is 2.77. The minimum atomic E-state index is 0.0942. The summed E-state index contributed by atoms with van der Waals surface area (Å²) in [4.78, 5) is 2.73. The summed E-state index contributed by atoms with van der Waals surface area (Å²) in [6.07, 6.45) is 10.6. The predicted octanol–water partition coefficient (Wildman–Crippen LogP) is 16.5. The fourth-order valence-corrected chi connectivity index (χ4v) is 16.1. The van der Waals surface area contributed by atoms with Crippen molar-refractivity contribution in [2.45, 2.75) is 134 Å². The van der Waals surface area contributed by atoms with E-state index in [0.717, 1.165) is 23.7 Å². The van der Waals surface area contributed by atoms with Gasteiger partial charge in [0.1, 0.15) is 0 Å². The third-order valence-electron chi connectivity index (χ3n) is 19.5. The molecule has 6 aromatic carbocycles. The molecule has 2 bridgehead atoms. The number of hydrogen-bond donors (Lipinski definition) is 0. The molecule has 7 aliphatic carbocycles. The van der Waals surface area contributed by atoms with Crippen LogP contribution in [0.15, 0.2) is 127 Å². The van der Waals surface area contributed by atoms with E-state index >= 15 is 0 Å². The Morgan fingerprint density at radius 3 is 1.57 bits per heavy atom. The van der Waals surface area contributed by atoms with Crippen molar-refractivity contribution in [2.24, 2.45) is 29.1 Å². The molecule has 7 aliphatic rings. The average Bonchev–Trinajstić information content (AvgIpc) is 3.91. The molecular weight excluding hydrogens is 759 g/mol. The molecule has 4 saturated carbocycles. The Kier molecular flexibility index (Phi) is 7.63. The maximum absolute atomic E-state index is 2.77. The van der Waals surface area contributed by atoms with Crippen molar-refractivity contribution < 1.29 is 0 Å². The van der Waals surface area contributed by atoms with Gasteiger partial charge in [-0.15, -0.1) is 0 Å². The second kappa shape index (κ2) is 12.5. The van der Waals surface area contributed by atoms with E-state index in [1.807, 2.05) is 0 Å². The Hall–Kier alpha value is -4.88. The van der Waals surface area contributed by atoms with Gasteiger partial charge in [-0.25, -0.2) is 0 Å². The van der Waals surface area contributed by atoms with Crippen LogP contribution < -0.4 is 4.90 Å². The average molecular weight is 824 g/mol. The van der Waals surface area contributed by atoms with Gasteiger partial charge in [-0.2, -0.15) is 0 Å². The maximum Gasteiger partial charge on any atom is 0.0543 e. The van der Waals surface area contributed by atoms with Gasteiger partial charge in [0.25, 0.3) is 0 Å². The molecule has 0 saturated heterocycles. The Labute approximate surface area is 377 Å². The van der Waals surface area contributed by atoms with Gasteiger partial charge in [-0.1, -0.05) is 146 Å². The minimum Gasteiger partial charge on any atom is -0.310 e. The highest BCUT2D eigenvalue weighted by Gasteiger charge is 2.84. The van der Waals surface area contributed by atoms with Crippen molar-refractivity contribution in [3.05, 3.63) is 161 Å². The summed E-state index contributed by atoms with van der Waals surface area (Å²) in [7, 11) is 0. The second-order valence-corrected chi connectivity index (χ2v) is 24.3. The Balaban J connectivity index is 1.10. The lowest BCUT2D eigenvalue weighted by atomic mass is 9.27. The lowest BCUT2D eigenvalue weighted by molar-refractivity contribution is -0.231. The van der Waals surface area contributed by atoms with Crippen LogP contribution in [0.4, 0.5) is 17.1 Å². The summed E-state index contributed by atoms with van der Waals surface area (Å²) in [6.45, 7) is 19.8. The third-order valence-corrected chi connectivity index (χ3v) is 19.5. The van der Waals surface area contributed by atoms with E-state index in [-0.39, 0.29) is 27.1 Å². The predicted molar refractivity (Wildman–Crippen MR) is 264 cm³/mol. The first-order valence-electron chi connectivity index (χ1n) is 24.7. The zero-order chi connectivity index (χ0) is 43.1. The first-order chi connectivity index (χ1) is 30.1. The zero-order valence-corrected chi connectivity index (χ0v) is 39.0. The monoisotopic (exact) mass is 824 g/mol. The first kappa shape index (κ1) is 38.6. The minimum absolute atomic E-state index is 0.0942. The Morgan fingerprint density at radius 2 is 0.952 bits per heavy atom. The van der Waals surface area contributed by atoms with Crippen LogP contribution in [-0.2, 0) is 27.1 Å². The fraction of sp³-hybridized carbons (Fsp3) is 0.419. The lowest BCUT2D eigenvalue weighted by Crippen LogP contribution is -2.73. The van der Waals surface area contributed by atoms with Gasteiger partial charge in [0.15, 0.2) is 0 Å². The number of hydrogen-bond acceptors (Lipinski definition) is 1. The van der Waals surface area contributed by atoms with Crippen molar-refractivity contribution in [2.75, 3.05) is 4.90 Å². The molecule has 0 amide bonds. The van der Waals surface area contributed by atoms with E-state index in [2.05, 4.69) is 188 Å². The highest BCUT2D eigenvalue weighted by atomic mass is 15.1. The number of benzene rings is 6. The molecule has 318 valence electrons. The van der Waals surface area contributed by atoms with Gasteiger partial charge in [-0.05, 0) is 200 Å². The van der Waals surface area contributed by atoms with E-state index in [0.29, 0.717) is 5.41 Å². The zero-order valence-electron chi connectivity index (χ0n) is 39.0. The van der Waals surface area contributed by atoms with Crippen molar-refractivity contribution in [1.29, 1.82) is 0 Å². The van der Waals surface area contributed by atoms with Crippen LogP contribution in [0.2, 0.25) is 0 Å². The van der Waals surface area contributed by atoms with E-state index in [4.69, 9.17) is 0 Å². The molecule has 6 atom stereocenters. The largest absolute Gasteiger partial charge is 0.310 e. The molecule has 0 heterocycles. The highest BCUT2D eigenvalue weighted by molar-refractivity contribution is 5.96. The molecule has 13 rings (SSSR count). The molecule has 1 nitrogen and oxygen atoms in total. The SMILES string of the molecule is CC1(C)CCC(C)(C)c2cc(N(c3ccc4c(c3)C(C)(C)CCC4(C)C)c3cc4c(cc3-c3ccc(-c5ccccc5)cc3)-c3ccccc3C43C4CC5CC6CC3[C@@]64C5)ccc21. The summed E-state index contributed by atoms with van der Waals surface area (Å²) in [6, 6.07) is 50.8. The first-order valence-corrected chi connectivity index (χ1v) is 24.7. The van der Waals surface area contributed by atoms with Crippen LogP contribution in [-0.4, -0.2) is 0 Å². The van der Waals surface area contributed by atoms with Crippen molar-refractivity contribution in [3.63, 3.8) is 0 Å². The molecular formula is C62H65N. The van der Waals surface area contributed by atoms with Crippen molar-refractivity contribution in [1.82, 2.24) is 0 Å². The van der Waals surface area contributed by atoms with Crippen LogP contribution in [0, 0.1) is 29.1 Å². The van der Waals surface area contributed by atoms with Gasteiger partial charge in [0.2, 0.25) is 0 Å². The molecule has 0 N–H and O–H groups in total. The van der Waals surface area contributed by atoms with Crippen LogP contribution in [0.1, 0.15) is 140 Å². The number of nitrogens with zero attached hydrogens (tertiary/aromatic N) is 1. The van der Waals surface area contributed by atoms with E-state index in [1.54, 1.807) is 11.1 Å². The smallest absolute Gasteiger partial charge is 0.0543 e. The van der Waals surface area contributed by atoms with Crippen LogP contribution >= 0.6 is 0 Å². The summed E-state index contributed by atoms with van der Waals surface area (Å²) in [5, 5.41) is 0. The molecule has 4 fully saturated rings. The molecule has 0 aromatic heterocycles. The standard InChI is InChI=1S/C62H65N/c1-57(2)26-28-59(5,6)52-33-43(22-24-49(52)57)63(44-23-25-50-53(34-44)60(7,8)29-27-58(50,3)4)54-36-51-47(35-46(54)41-20-18-40(19-21-41)39-14-10-9-11-15-39)45-16-12-13-17-48(45)62(51)55-31-38-30-42-32-56(62)61(42,55)37-38/h9-25,33-36,38,42,55-56H,26-32,37H2,1-8H3/t38?,42?,55?,56?,61-,62?/m0/s1. The van der Waals surface area contributed by atoms with Crippen LogP contribution in [0.5, 0.6) is 0 Å². The van der Waals surface area contributed by atoms with Crippen LogP contribution in [0.3, 0.4) is 0 Å². The normalized spacial score (nSPS) is 29.7. The molecule has 63 heavy (non-hydrogen) atoms. The Bertz CT molecular complexity index is 2810. The quantitative estimate of drug-likeness (QED) is 0.167. The van der Waals surface area contributed by atoms with Crippen molar-refractivity contribution in [3.8, 4) is 33.4 Å². The van der Waals surface area contributed by atoms with Gasteiger partial charge in [-0.3, -0.25) is 0 Å². The summed E-state index contributed by atoms with van der Waals surface area (Å²) in [5.41, 5.74) is 22.5. The molecule has 2 spiro atoms.